The summed E-state index contributed by atoms with van der Waals surface area (Å²) >= 11 is 6.06. The molecule has 0 saturated carbocycles. The van der Waals surface area contributed by atoms with Crippen molar-refractivity contribution in [2.24, 2.45) is 0 Å². The highest BCUT2D eigenvalue weighted by atomic mass is 35.5. The third-order valence-electron chi connectivity index (χ3n) is 3.00. The number of aromatic nitrogens is 2. The Bertz CT molecular complexity index is 582. The Kier molecular flexibility index (Phi) is 4.38. The monoisotopic (exact) mass is 275 g/mol. The second-order valence-corrected chi connectivity index (χ2v) is 4.91. The van der Waals surface area contributed by atoms with Crippen LogP contribution >= 0.6 is 11.6 Å². The lowest BCUT2D eigenvalue weighted by atomic mass is 10.1. The van der Waals surface area contributed by atoms with Crippen molar-refractivity contribution in [2.75, 3.05) is 12.4 Å². The lowest BCUT2D eigenvalue weighted by Crippen LogP contribution is -2.05. The van der Waals surface area contributed by atoms with Gasteiger partial charge in [-0.15, -0.1) is 0 Å². The lowest BCUT2D eigenvalue weighted by molar-refractivity contribution is 0.834. The molecule has 0 amide bonds. The third kappa shape index (κ3) is 3.04. The molecule has 4 heteroatoms. The number of hydrogen-bond donors (Lipinski definition) is 1. The molecule has 0 aliphatic rings. The van der Waals surface area contributed by atoms with E-state index in [1.165, 1.54) is 0 Å². The maximum atomic E-state index is 6.06. The quantitative estimate of drug-likeness (QED) is 0.913. The predicted molar refractivity (Wildman–Crippen MR) is 80.8 cm³/mol. The van der Waals surface area contributed by atoms with Crippen LogP contribution in [0.3, 0.4) is 0 Å². The van der Waals surface area contributed by atoms with Gasteiger partial charge in [-0.3, -0.25) is 0 Å². The Morgan fingerprint density at radius 2 is 2.05 bits per heavy atom. The summed E-state index contributed by atoms with van der Waals surface area (Å²) in [7, 11) is 1.88. The van der Waals surface area contributed by atoms with E-state index in [-0.39, 0.29) is 0 Å². The summed E-state index contributed by atoms with van der Waals surface area (Å²) in [6.07, 6.45) is 1.91. The summed E-state index contributed by atoms with van der Waals surface area (Å²) in [6.45, 7) is 4.15. The molecular formula is C15H18ClN3. The van der Waals surface area contributed by atoms with E-state index >= 15 is 0 Å². The van der Waals surface area contributed by atoms with Crippen LogP contribution in [0.1, 0.15) is 24.7 Å². The van der Waals surface area contributed by atoms with Crippen molar-refractivity contribution >= 4 is 17.4 Å². The van der Waals surface area contributed by atoms with E-state index in [4.69, 9.17) is 11.6 Å². The zero-order valence-electron chi connectivity index (χ0n) is 11.5. The molecule has 1 heterocycles. The zero-order valence-corrected chi connectivity index (χ0v) is 12.3. The second-order valence-electron chi connectivity index (χ2n) is 4.47. The smallest absolute Gasteiger partial charge is 0.132 e. The molecule has 0 saturated heterocycles. The van der Waals surface area contributed by atoms with Gasteiger partial charge >= 0.3 is 0 Å². The summed E-state index contributed by atoms with van der Waals surface area (Å²) in [4.78, 5) is 9.21. The molecular weight excluding hydrogens is 258 g/mol. The number of nitrogens with one attached hydrogen (secondary N) is 1. The van der Waals surface area contributed by atoms with Crippen LogP contribution in [0.2, 0.25) is 5.02 Å². The van der Waals surface area contributed by atoms with Crippen molar-refractivity contribution in [3.63, 3.8) is 0 Å². The van der Waals surface area contributed by atoms with Gasteiger partial charge in [0, 0.05) is 29.6 Å². The number of anilines is 1. The fourth-order valence-corrected chi connectivity index (χ4v) is 2.25. The Morgan fingerprint density at radius 3 is 2.68 bits per heavy atom. The molecule has 1 aromatic heterocycles. The number of rotatable bonds is 4. The highest BCUT2D eigenvalue weighted by Crippen LogP contribution is 2.27. The molecule has 19 heavy (non-hydrogen) atoms. The molecule has 0 unspecified atom stereocenters. The van der Waals surface area contributed by atoms with Crippen LogP contribution in [0.4, 0.5) is 5.82 Å². The minimum Gasteiger partial charge on any atom is -0.373 e. The highest BCUT2D eigenvalue weighted by molar-refractivity contribution is 6.30. The molecule has 0 fully saturated rings. The average Bonchev–Trinajstić information content (AvgIpc) is 2.41. The molecule has 0 aliphatic carbocycles. The molecule has 0 atom stereocenters. The molecule has 2 aromatic rings. The van der Waals surface area contributed by atoms with Gasteiger partial charge in [0.15, 0.2) is 0 Å². The largest absolute Gasteiger partial charge is 0.373 e. The second kappa shape index (κ2) is 6.02. The van der Waals surface area contributed by atoms with Crippen LogP contribution < -0.4 is 5.32 Å². The Hall–Kier alpha value is -1.61. The van der Waals surface area contributed by atoms with Gasteiger partial charge < -0.3 is 5.32 Å². The zero-order chi connectivity index (χ0) is 13.8. The first kappa shape index (κ1) is 13.8. The standard InChI is InChI=1S/C15H18ClN3/c1-4-6-13-18-14(10(2)15(17-3)19-13)11-7-5-8-12(16)9-11/h5,7-9H,4,6H2,1-3H3,(H,17,18,19). The maximum absolute atomic E-state index is 6.06. The van der Waals surface area contributed by atoms with Crippen molar-refractivity contribution < 1.29 is 0 Å². The summed E-state index contributed by atoms with van der Waals surface area (Å²) in [5.74, 6) is 1.75. The van der Waals surface area contributed by atoms with Crippen LogP contribution in [0.5, 0.6) is 0 Å². The highest BCUT2D eigenvalue weighted by Gasteiger charge is 2.11. The maximum Gasteiger partial charge on any atom is 0.132 e. The Balaban J connectivity index is 2.57. The molecule has 1 aromatic carbocycles. The van der Waals surface area contributed by atoms with Gasteiger partial charge in [0.05, 0.1) is 5.69 Å². The lowest BCUT2D eigenvalue weighted by Gasteiger charge is -2.12. The van der Waals surface area contributed by atoms with E-state index in [1.54, 1.807) is 0 Å². The van der Waals surface area contributed by atoms with E-state index in [9.17, 15) is 0 Å². The molecule has 2 rings (SSSR count). The van der Waals surface area contributed by atoms with Crippen molar-refractivity contribution in [1.29, 1.82) is 0 Å². The summed E-state index contributed by atoms with van der Waals surface area (Å²) < 4.78 is 0. The molecule has 0 bridgehead atoms. The molecule has 3 nitrogen and oxygen atoms in total. The number of nitrogens with zero attached hydrogens (tertiary/aromatic N) is 2. The van der Waals surface area contributed by atoms with E-state index in [0.29, 0.717) is 0 Å². The fraction of sp³-hybridized carbons (Fsp3) is 0.333. The molecule has 0 spiro atoms. The molecule has 0 radical (unpaired) electrons. The fourth-order valence-electron chi connectivity index (χ4n) is 2.06. The van der Waals surface area contributed by atoms with Gasteiger partial charge in [-0.1, -0.05) is 30.7 Å². The number of benzene rings is 1. The Labute approximate surface area is 119 Å². The van der Waals surface area contributed by atoms with E-state index in [0.717, 1.165) is 46.3 Å². The van der Waals surface area contributed by atoms with Crippen molar-refractivity contribution in [2.45, 2.75) is 26.7 Å². The molecule has 1 N–H and O–H groups in total. The number of halogens is 1. The SMILES string of the molecule is CCCc1nc(NC)c(C)c(-c2cccc(Cl)c2)n1. The average molecular weight is 276 g/mol. The van der Waals surface area contributed by atoms with Crippen LogP contribution in [0.25, 0.3) is 11.3 Å². The van der Waals surface area contributed by atoms with Crippen molar-refractivity contribution in [3.05, 3.63) is 40.7 Å². The van der Waals surface area contributed by atoms with Gasteiger partial charge in [0.1, 0.15) is 11.6 Å². The summed E-state index contributed by atoms with van der Waals surface area (Å²) in [6, 6.07) is 7.77. The first-order chi connectivity index (χ1) is 9.15. The van der Waals surface area contributed by atoms with E-state index in [1.807, 2.05) is 38.2 Å². The normalized spacial score (nSPS) is 10.5. The predicted octanol–water partition coefficient (Wildman–Crippen LogP) is 4.10. The first-order valence-corrected chi connectivity index (χ1v) is 6.84. The van der Waals surface area contributed by atoms with Gasteiger partial charge in [-0.05, 0) is 25.5 Å². The first-order valence-electron chi connectivity index (χ1n) is 6.47. The van der Waals surface area contributed by atoms with Gasteiger partial charge in [0.25, 0.3) is 0 Å². The molecule has 0 aliphatic heterocycles. The minimum atomic E-state index is 0.721. The van der Waals surface area contributed by atoms with Crippen LogP contribution in [0.15, 0.2) is 24.3 Å². The summed E-state index contributed by atoms with van der Waals surface area (Å²) in [5, 5.41) is 3.86. The van der Waals surface area contributed by atoms with Crippen LogP contribution in [-0.4, -0.2) is 17.0 Å². The van der Waals surface area contributed by atoms with Gasteiger partial charge in [-0.25, -0.2) is 9.97 Å². The van der Waals surface area contributed by atoms with Gasteiger partial charge in [0.2, 0.25) is 0 Å². The van der Waals surface area contributed by atoms with Crippen molar-refractivity contribution in [3.8, 4) is 11.3 Å². The van der Waals surface area contributed by atoms with Crippen LogP contribution in [-0.2, 0) is 6.42 Å². The van der Waals surface area contributed by atoms with E-state index < -0.39 is 0 Å². The van der Waals surface area contributed by atoms with Crippen LogP contribution in [0, 0.1) is 6.92 Å². The van der Waals surface area contributed by atoms with Crippen molar-refractivity contribution in [1.82, 2.24) is 9.97 Å². The number of hydrogen-bond acceptors (Lipinski definition) is 3. The Morgan fingerprint density at radius 1 is 1.26 bits per heavy atom. The van der Waals surface area contributed by atoms with Gasteiger partial charge in [-0.2, -0.15) is 0 Å². The molecule has 100 valence electrons. The minimum absolute atomic E-state index is 0.721. The third-order valence-corrected chi connectivity index (χ3v) is 3.24. The summed E-state index contributed by atoms with van der Waals surface area (Å²) in [5.41, 5.74) is 3.02. The topological polar surface area (TPSA) is 37.8 Å². The van der Waals surface area contributed by atoms with E-state index in [2.05, 4.69) is 22.2 Å². The number of aryl methyl sites for hydroxylation is 1.